The first-order valence-electron chi connectivity index (χ1n) is 7.50. The Morgan fingerprint density at radius 1 is 0.750 bits per heavy atom. The molecular formula is C22H19Y2-. The molecule has 2 radical (unpaired) electrons. The van der Waals surface area contributed by atoms with Gasteiger partial charge in [-0.1, -0.05) is 90.4 Å². The molecule has 0 atom stereocenters. The van der Waals surface area contributed by atoms with Crippen LogP contribution in [0.5, 0.6) is 0 Å². The molecule has 3 aromatic rings. The molecule has 0 aliphatic heterocycles. The molecule has 114 valence electrons. The maximum atomic E-state index is 3.80. The van der Waals surface area contributed by atoms with Crippen molar-refractivity contribution in [2.75, 3.05) is 0 Å². The third-order valence-corrected chi connectivity index (χ3v) is 3.96. The van der Waals surface area contributed by atoms with Crippen molar-refractivity contribution in [2.24, 2.45) is 0 Å². The van der Waals surface area contributed by atoms with Gasteiger partial charge in [0.2, 0.25) is 0 Å². The summed E-state index contributed by atoms with van der Waals surface area (Å²) in [6.07, 6.45) is 1.86. The van der Waals surface area contributed by atoms with E-state index in [9.17, 15) is 0 Å². The zero-order valence-corrected chi connectivity index (χ0v) is 19.9. The van der Waals surface area contributed by atoms with Crippen molar-refractivity contribution in [2.45, 2.75) is 13.8 Å². The Labute approximate surface area is 195 Å². The van der Waals surface area contributed by atoms with Gasteiger partial charge < -0.3 is 0 Å². The van der Waals surface area contributed by atoms with E-state index in [4.69, 9.17) is 0 Å². The molecule has 0 bridgehead atoms. The average molecular weight is 461 g/mol. The minimum absolute atomic E-state index is 0. The van der Waals surface area contributed by atoms with Crippen LogP contribution in [0.15, 0.2) is 67.2 Å². The normalized spacial score (nSPS) is 9.58. The molecule has 3 aromatic carbocycles. The number of rotatable bonds is 3. The first-order valence-corrected chi connectivity index (χ1v) is 7.50. The largest absolute Gasteiger partial charge is 0.143 e. The van der Waals surface area contributed by atoms with Crippen molar-refractivity contribution >= 4 is 6.08 Å². The first-order chi connectivity index (χ1) is 10.7. The Bertz CT molecular complexity index is 800. The molecule has 0 fully saturated rings. The van der Waals surface area contributed by atoms with Crippen LogP contribution in [-0.4, -0.2) is 0 Å². The topological polar surface area (TPSA) is 0 Å². The molecule has 0 nitrogen and oxygen atoms in total. The van der Waals surface area contributed by atoms with Crippen LogP contribution in [0.1, 0.15) is 16.7 Å². The number of aryl methyl sites for hydroxylation is 2. The quantitative estimate of drug-likeness (QED) is 0.415. The van der Waals surface area contributed by atoms with Gasteiger partial charge in [0.1, 0.15) is 0 Å². The SMILES string of the molecule is C=Cc1ccc(-c2ccc(-c3ccc(C)cc3)[c-]c2C)cc1.[Y].[Y]. The molecule has 2 heteroatoms. The second-order valence-electron chi connectivity index (χ2n) is 5.60. The molecule has 0 saturated carbocycles. The van der Waals surface area contributed by atoms with E-state index in [1.807, 2.05) is 6.08 Å². The van der Waals surface area contributed by atoms with Gasteiger partial charge in [-0.25, -0.2) is 0 Å². The van der Waals surface area contributed by atoms with Gasteiger partial charge in [-0.2, -0.15) is 0 Å². The summed E-state index contributed by atoms with van der Waals surface area (Å²) in [4.78, 5) is 0. The van der Waals surface area contributed by atoms with Gasteiger partial charge in [-0.3, -0.25) is 0 Å². The maximum absolute atomic E-state index is 3.80. The van der Waals surface area contributed by atoms with Crippen LogP contribution in [0.25, 0.3) is 28.3 Å². The van der Waals surface area contributed by atoms with Gasteiger partial charge in [0.25, 0.3) is 0 Å². The smallest absolute Gasteiger partial charge is 0 e. The Balaban J connectivity index is 0.00000144. The predicted octanol–water partition coefficient (Wildman–Crippen LogP) is 6.08. The van der Waals surface area contributed by atoms with E-state index in [1.165, 1.54) is 27.8 Å². The summed E-state index contributed by atoms with van der Waals surface area (Å²) in [6, 6.07) is 24.9. The molecule has 0 spiro atoms. The van der Waals surface area contributed by atoms with Gasteiger partial charge in [0.05, 0.1) is 0 Å². The molecule has 0 aromatic heterocycles. The van der Waals surface area contributed by atoms with Crippen molar-refractivity contribution in [3.63, 3.8) is 0 Å². The molecule has 0 unspecified atom stereocenters. The summed E-state index contributed by atoms with van der Waals surface area (Å²) in [5.74, 6) is 0. The van der Waals surface area contributed by atoms with E-state index in [1.54, 1.807) is 0 Å². The third-order valence-electron chi connectivity index (χ3n) is 3.96. The van der Waals surface area contributed by atoms with Gasteiger partial charge in [0, 0.05) is 65.4 Å². The van der Waals surface area contributed by atoms with Crippen LogP contribution in [0.2, 0.25) is 0 Å². The molecular weight excluding hydrogens is 442 g/mol. The van der Waals surface area contributed by atoms with E-state index in [-0.39, 0.29) is 65.4 Å². The van der Waals surface area contributed by atoms with Gasteiger partial charge in [-0.15, -0.1) is 29.3 Å². The van der Waals surface area contributed by atoms with E-state index in [0.29, 0.717) is 0 Å². The Morgan fingerprint density at radius 3 is 1.88 bits per heavy atom. The fraction of sp³-hybridized carbons (Fsp3) is 0.0909. The van der Waals surface area contributed by atoms with Gasteiger partial charge in [-0.05, 0) is 12.5 Å². The molecule has 0 N–H and O–H groups in total. The molecule has 0 aliphatic rings. The van der Waals surface area contributed by atoms with Crippen molar-refractivity contribution in [1.29, 1.82) is 0 Å². The molecule has 0 amide bonds. The van der Waals surface area contributed by atoms with Crippen LogP contribution < -0.4 is 0 Å². The first kappa shape index (κ1) is 21.7. The zero-order chi connectivity index (χ0) is 15.5. The number of hydrogen-bond acceptors (Lipinski definition) is 0. The van der Waals surface area contributed by atoms with Crippen molar-refractivity contribution in [1.82, 2.24) is 0 Å². The summed E-state index contributed by atoms with van der Waals surface area (Å²) in [6.45, 7) is 8.02. The number of benzene rings is 3. The Morgan fingerprint density at radius 2 is 1.33 bits per heavy atom. The van der Waals surface area contributed by atoms with E-state index in [2.05, 4.69) is 87.2 Å². The Hall–Kier alpha value is -0.392. The van der Waals surface area contributed by atoms with Gasteiger partial charge in [0.15, 0.2) is 0 Å². The molecule has 0 aliphatic carbocycles. The van der Waals surface area contributed by atoms with Crippen LogP contribution in [0.3, 0.4) is 0 Å². The molecule has 0 heterocycles. The second-order valence-corrected chi connectivity index (χ2v) is 5.60. The molecule has 3 rings (SSSR count). The molecule has 24 heavy (non-hydrogen) atoms. The minimum atomic E-state index is 0. The summed E-state index contributed by atoms with van der Waals surface area (Å²) in [5.41, 5.74) is 8.39. The maximum Gasteiger partial charge on any atom is 0 e. The number of hydrogen-bond donors (Lipinski definition) is 0. The van der Waals surface area contributed by atoms with Crippen LogP contribution >= 0.6 is 0 Å². The predicted molar refractivity (Wildman–Crippen MR) is 95.7 cm³/mol. The summed E-state index contributed by atoms with van der Waals surface area (Å²) >= 11 is 0. The monoisotopic (exact) mass is 461 g/mol. The summed E-state index contributed by atoms with van der Waals surface area (Å²) in [5, 5.41) is 0. The second kappa shape index (κ2) is 9.93. The summed E-state index contributed by atoms with van der Waals surface area (Å²) in [7, 11) is 0. The van der Waals surface area contributed by atoms with Crippen molar-refractivity contribution in [3.05, 3.63) is 90.0 Å². The zero-order valence-electron chi connectivity index (χ0n) is 14.2. The van der Waals surface area contributed by atoms with E-state index >= 15 is 0 Å². The van der Waals surface area contributed by atoms with Gasteiger partial charge >= 0.3 is 0 Å². The fourth-order valence-electron chi connectivity index (χ4n) is 2.62. The standard InChI is InChI=1S/C22H19.2Y/c1-4-18-7-11-20(12-8-18)22-14-13-21(15-17(22)3)19-9-5-16(2)6-10-19;;/h4-14H,1H2,2-3H3;;/q-1;;. The third kappa shape index (κ3) is 5.05. The average Bonchev–Trinajstić information content (AvgIpc) is 2.56. The van der Waals surface area contributed by atoms with Crippen LogP contribution in [-0.2, 0) is 65.4 Å². The Kier molecular flexibility index (Phi) is 8.96. The van der Waals surface area contributed by atoms with Crippen LogP contribution in [0, 0.1) is 19.9 Å². The minimum Gasteiger partial charge on any atom is -0.143 e. The van der Waals surface area contributed by atoms with Crippen molar-refractivity contribution < 1.29 is 65.4 Å². The fourth-order valence-corrected chi connectivity index (χ4v) is 2.62. The van der Waals surface area contributed by atoms with Crippen molar-refractivity contribution in [3.8, 4) is 22.3 Å². The molecule has 0 saturated heterocycles. The summed E-state index contributed by atoms with van der Waals surface area (Å²) < 4.78 is 0. The van der Waals surface area contributed by atoms with E-state index in [0.717, 1.165) is 11.1 Å². The van der Waals surface area contributed by atoms with Crippen LogP contribution in [0.4, 0.5) is 0 Å². The van der Waals surface area contributed by atoms with E-state index < -0.39 is 0 Å².